The average molecular weight is 397 g/mol. The molecule has 0 unspecified atom stereocenters. The van der Waals surface area contributed by atoms with Crippen LogP contribution in [0, 0.1) is 18.3 Å². The van der Waals surface area contributed by atoms with Gasteiger partial charge in [-0.1, -0.05) is 78.9 Å². The van der Waals surface area contributed by atoms with Crippen LogP contribution >= 0.6 is 0 Å². The molecular weight excluding hydrogens is 378 g/mol. The lowest BCUT2D eigenvalue weighted by Crippen LogP contribution is -1.95. The van der Waals surface area contributed by atoms with Crippen molar-refractivity contribution in [3.8, 4) is 39.8 Å². The first-order chi connectivity index (χ1) is 15.2. The highest BCUT2D eigenvalue weighted by molar-refractivity contribution is 5.96. The summed E-state index contributed by atoms with van der Waals surface area (Å²) in [5.41, 5.74) is 6.72. The number of rotatable bonds is 3. The van der Waals surface area contributed by atoms with Crippen molar-refractivity contribution in [1.82, 2.24) is 9.97 Å². The van der Waals surface area contributed by atoms with Gasteiger partial charge in [-0.05, 0) is 47.0 Å². The molecule has 0 saturated heterocycles. The van der Waals surface area contributed by atoms with Gasteiger partial charge in [0.05, 0.1) is 17.3 Å². The van der Waals surface area contributed by atoms with Crippen LogP contribution in [-0.4, -0.2) is 9.97 Å². The van der Waals surface area contributed by atoms with Crippen molar-refractivity contribution >= 4 is 10.8 Å². The largest absolute Gasteiger partial charge is 0.233 e. The van der Waals surface area contributed by atoms with Crippen LogP contribution < -0.4 is 0 Å². The molecule has 0 aliphatic rings. The Bertz CT molecular complexity index is 1420. The molecule has 1 aromatic heterocycles. The van der Waals surface area contributed by atoms with Crippen molar-refractivity contribution in [1.29, 1.82) is 5.26 Å². The molecule has 4 aromatic carbocycles. The Morgan fingerprint density at radius 3 is 2.13 bits per heavy atom. The molecule has 0 aliphatic carbocycles. The van der Waals surface area contributed by atoms with Crippen molar-refractivity contribution in [3.63, 3.8) is 0 Å². The van der Waals surface area contributed by atoms with Crippen LogP contribution in [0.5, 0.6) is 0 Å². The predicted octanol–water partition coefficient (Wildman–Crippen LogP) is 6.81. The molecule has 0 aliphatic heterocycles. The molecule has 5 rings (SSSR count). The maximum absolute atomic E-state index is 9.02. The van der Waals surface area contributed by atoms with Gasteiger partial charge in [-0.25, -0.2) is 9.97 Å². The van der Waals surface area contributed by atoms with E-state index in [2.05, 4.69) is 77.8 Å². The first kappa shape index (κ1) is 18.7. The lowest BCUT2D eigenvalue weighted by atomic mass is 9.97. The fraction of sp³-hybridized carbons (Fsp3) is 0.0357. The van der Waals surface area contributed by atoms with Crippen molar-refractivity contribution < 1.29 is 0 Å². The molecule has 146 valence electrons. The smallest absolute Gasteiger partial charge is 0.160 e. The van der Waals surface area contributed by atoms with Gasteiger partial charge in [-0.3, -0.25) is 0 Å². The summed E-state index contributed by atoms with van der Waals surface area (Å²) in [6.45, 7) is 1.98. The normalized spacial score (nSPS) is 10.7. The minimum Gasteiger partial charge on any atom is -0.233 e. The van der Waals surface area contributed by atoms with E-state index in [1.165, 1.54) is 21.9 Å². The van der Waals surface area contributed by atoms with E-state index in [0.29, 0.717) is 11.4 Å². The third-order valence-corrected chi connectivity index (χ3v) is 5.41. The average Bonchev–Trinajstić information content (AvgIpc) is 2.83. The maximum Gasteiger partial charge on any atom is 0.160 e. The minimum atomic E-state index is 0.638. The summed E-state index contributed by atoms with van der Waals surface area (Å²) in [5, 5.41) is 11.5. The zero-order valence-corrected chi connectivity index (χ0v) is 17.1. The van der Waals surface area contributed by atoms with E-state index in [9.17, 15) is 0 Å². The third-order valence-electron chi connectivity index (χ3n) is 5.41. The molecule has 3 heteroatoms. The molecule has 0 N–H and O–H groups in total. The summed E-state index contributed by atoms with van der Waals surface area (Å²) in [5.74, 6) is 0.698. The second kappa shape index (κ2) is 7.85. The number of hydrogen-bond acceptors (Lipinski definition) is 3. The van der Waals surface area contributed by atoms with Crippen LogP contribution in [0.15, 0.2) is 97.1 Å². The van der Waals surface area contributed by atoms with E-state index in [4.69, 9.17) is 10.2 Å². The Morgan fingerprint density at radius 2 is 1.35 bits per heavy atom. The molecule has 0 saturated carbocycles. The van der Waals surface area contributed by atoms with Crippen LogP contribution in [-0.2, 0) is 0 Å². The minimum absolute atomic E-state index is 0.638. The standard InChI is InChI=1S/C28H19N3/c1-19-17-27(23-11-9-20(18-29)10-12-23)31-28(30-19)24-15-13-22(14-16-24)26-8-4-6-21-5-2-3-7-25(21)26/h2-17H,1H3. The highest BCUT2D eigenvalue weighted by Gasteiger charge is 2.09. The highest BCUT2D eigenvalue weighted by atomic mass is 14.9. The molecule has 0 atom stereocenters. The second-order valence-electron chi connectivity index (χ2n) is 7.51. The van der Waals surface area contributed by atoms with Crippen LogP contribution in [0.3, 0.4) is 0 Å². The highest BCUT2D eigenvalue weighted by Crippen LogP contribution is 2.30. The topological polar surface area (TPSA) is 49.6 Å². The number of aryl methyl sites for hydroxylation is 1. The van der Waals surface area contributed by atoms with E-state index in [1.807, 2.05) is 37.3 Å². The summed E-state index contributed by atoms with van der Waals surface area (Å²) >= 11 is 0. The molecule has 0 amide bonds. The summed E-state index contributed by atoms with van der Waals surface area (Å²) in [6, 6.07) is 34.8. The SMILES string of the molecule is Cc1cc(-c2ccc(C#N)cc2)nc(-c2ccc(-c3cccc4ccccc34)cc2)n1. The van der Waals surface area contributed by atoms with Crippen molar-refractivity contribution in [2.24, 2.45) is 0 Å². The first-order valence-electron chi connectivity index (χ1n) is 10.2. The Morgan fingerprint density at radius 1 is 0.677 bits per heavy atom. The molecule has 3 nitrogen and oxygen atoms in total. The summed E-state index contributed by atoms with van der Waals surface area (Å²) in [4.78, 5) is 9.44. The van der Waals surface area contributed by atoms with Gasteiger partial charge in [0, 0.05) is 16.8 Å². The van der Waals surface area contributed by atoms with Gasteiger partial charge in [0.25, 0.3) is 0 Å². The van der Waals surface area contributed by atoms with Crippen LogP contribution in [0.25, 0.3) is 44.5 Å². The molecule has 31 heavy (non-hydrogen) atoms. The Balaban J connectivity index is 1.52. The number of hydrogen-bond donors (Lipinski definition) is 0. The first-order valence-corrected chi connectivity index (χ1v) is 10.2. The van der Waals surface area contributed by atoms with Crippen molar-refractivity contribution in [3.05, 3.63) is 108 Å². The van der Waals surface area contributed by atoms with E-state index < -0.39 is 0 Å². The molecule has 5 aromatic rings. The molecule has 0 radical (unpaired) electrons. The zero-order chi connectivity index (χ0) is 21.2. The fourth-order valence-electron chi connectivity index (χ4n) is 3.84. The van der Waals surface area contributed by atoms with Crippen LogP contribution in [0.1, 0.15) is 11.3 Å². The fourth-order valence-corrected chi connectivity index (χ4v) is 3.84. The van der Waals surface area contributed by atoms with E-state index in [1.54, 1.807) is 0 Å². The lowest BCUT2D eigenvalue weighted by Gasteiger charge is -2.09. The maximum atomic E-state index is 9.02. The molecule has 0 fully saturated rings. The van der Waals surface area contributed by atoms with Gasteiger partial charge >= 0.3 is 0 Å². The molecule has 1 heterocycles. The zero-order valence-electron chi connectivity index (χ0n) is 17.1. The van der Waals surface area contributed by atoms with Crippen molar-refractivity contribution in [2.45, 2.75) is 6.92 Å². The van der Waals surface area contributed by atoms with E-state index in [0.717, 1.165) is 22.5 Å². The van der Waals surface area contributed by atoms with Gasteiger partial charge in [-0.2, -0.15) is 5.26 Å². The Kier molecular flexibility index (Phi) is 4.74. The van der Waals surface area contributed by atoms with Gasteiger partial charge in [0.2, 0.25) is 0 Å². The van der Waals surface area contributed by atoms with E-state index in [-0.39, 0.29) is 0 Å². The molecule has 0 spiro atoms. The summed E-state index contributed by atoms with van der Waals surface area (Å²) in [7, 11) is 0. The second-order valence-corrected chi connectivity index (χ2v) is 7.51. The number of nitriles is 1. The molecular formula is C28H19N3. The van der Waals surface area contributed by atoms with Gasteiger partial charge in [0.1, 0.15) is 0 Å². The predicted molar refractivity (Wildman–Crippen MR) is 125 cm³/mol. The number of benzene rings is 4. The quantitative estimate of drug-likeness (QED) is 0.336. The van der Waals surface area contributed by atoms with Crippen molar-refractivity contribution in [2.75, 3.05) is 0 Å². The number of fused-ring (bicyclic) bond motifs is 1. The number of nitrogens with zero attached hydrogens (tertiary/aromatic N) is 3. The van der Waals surface area contributed by atoms with Gasteiger partial charge in [-0.15, -0.1) is 0 Å². The van der Waals surface area contributed by atoms with Gasteiger partial charge < -0.3 is 0 Å². The van der Waals surface area contributed by atoms with Crippen LogP contribution in [0.4, 0.5) is 0 Å². The van der Waals surface area contributed by atoms with Crippen LogP contribution in [0.2, 0.25) is 0 Å². The summed E-state index contributed by atoms with van der Waals surface area (Å²) < 4.78 is 0. The Labute approximate surface area is 181 Å². The van der Waals surface area contributed by atoms with Gasteiger partial charge in [0.15, 0.2) is 5.82 Å². The lowest BCUT2D eigenvalue weighted by molar-refractivity contribution is 1.11. The summed E-state index contributed by atoms with van der Waals surface area (Å²) in [6.07, 6.45) is 0. The van der Waals surface area contributed by atoms with E-state index >= 15 is 0 Å². The monoisotopic (exact) mass is 397 g/mol. The number of aromatic nitrogens is 2. The third kappa shape index (κ3) is 3.68. The Hall–Kier alpha value is -4.29. The molecule has 0 bridgehead atoms.